The van der Waals surface area contributed by atoms with Crippen molar-refractivity contribution in [3.8, 4) is 0 Å². The Hall–Kier alpha value is -1.85. The monoisotopic (exact) mass is 374 g/mol. The summed E-state index contributed by atoms with van der Waals surface area (Å²) in [5, 5.41) is 10.9. The Kier molecular flexibility index (Phi) is 6.33. The largest absolute Gasteiger partial charge is 0.351 e. The molecule has 1 aliphatic heterocycles. The Morgan fingerprint density at radius 2 is 1.96 bits per heavy atom. The number of benzene rings is 1. The molecule has 26 heavy (non-hydrogen) atoms. The maximum atomic E-state index is 12.5. The average Bonchev–Trinajstić information content (AvgIpc) is 3.30. The number of rotatable bonds is 5. The van der Waals surface area contributed by atoms with Crippen molar-refractivity contribution >= 4 is 18.3 Å². The minimum absolute atomic E-state index is 0. The van der Waals surface area contributed by atoms with Gasteiger partial charge in [-0.15, -0.1) is 12.4 Å². The molecule has 2 heterocycles. The summed E-state index contributed by atoms with van der Waals surface area (Å²) in [6.45, 7) is 1.36. The average molecular weight is 375 g/mol. The molecule has 1 saturated carbocycles. The molecule has 3 atom stereocenters. The van der Waals surface area contributed by atoms with Crippen LogP contribution in [0, 0.1) is 5.92 Å². The Bertz CT molecular complexity index is 687. The van der Waals surface area contributed by atoms with Crippen LogP contribution in [0.2, 0.25) is 0 Å². The highest BCUT2D eigenvalue weighted by molar-refractivity contribution is 5.85. The van der Waals surface area contributed by atoms with E-state index in [0.29, 0.717) is 18.5 Å². The van der Waals surface area contributed by atoms with Crippen molar-refractivity contribution in [2.75, 3.05) is 0 Å². The van der Waals surface area contributed by atoms with Crippen molar-refractivity contribution in [3.63, 3.8) is 0 Å². The van der Waals surface area contributed by atoms with Crippen LogP contribution in [0.1, 0.15) is 43.2 Å². The molecule has 1 aliphatic carbocycles. The van der Waals surface area contributed by atoms with Gasteiger partial charge in [0.05, 0.1) is 12.6 Å². The first-order valence-corrected chi connectivity index (χ1v) is 9.37. The molecule has 5 nitrogen and oxygen atoms in total. The van der Waals surface area contributed by atoms with Crippen molar-refractivity contribution in [1.82, 2.24) is 20.4 Å². The molecule has 4 rings (SSSR count). The highest BCUT2D eigenvalue weighted by Crippen LogP contribution is 2.33. The van der Waals surface area contributed by atoms with Crippen molar-refractivity contribution in [2.45, 2.75) is 57.3 Å². The van der Waals surface area contributed by atoms with E-state index in [1.165, 1.54) is 31.2 Å². The van der Waals surface area contributed by atoms with Gasteiger partial charge in [-0.3, -0.25) is 9.48 Å². The lowest BCUT2D eigenvalue weighted by atomic mass is 9.85. The van der Waals surface area contributed by atoms with Crippen molar-refractivity contribution in [3.05, 3.63) is 53.9 Å². The molecule has 140 valence electrons. The first-order valence-electron chi connectivity index (χ1n) is 9.37. The number of amides is 1. The van der Waals surface area contributed by atoms with E-state index in [-0.39, 0.29) is 24.4 Å². The first-order chi connectivity index (χ1) is 12.3. The zero-order valence-corrected chi connectivity index (χ0v) is 15.8. The van der Waals surface area contributed by atoms with Gasteiger partial charge in [0.2, 0.25) is 5.91 Å². The molecule has 1 aromatic heterocycles. The molecular weight excluding hydrogens is 348 g/mol. The fourth-order valence-corrected chi connectivity index (χ4v) is 4.18. The predicted octanol–water partition coefficient (Wildman–Crippen LogP) is 2.89. The smallest absolute Gasteiger partial charge is 0.237 e. The van der Waals surface area contributed by atoms with Crippen LogP contribution in [0.25, 0.3) is 0 Å². The highest BCUT2D eigenvalue weighted by atomic mass is 35.5. The molecule has 2 aliphatic rings. The minimum atomic E-state index is -0.00723. The molecule has 3 unspecified atom stereocenters. The predicted molar refractivity (Wildman–Crippen MR) is 104 cm³/mol. The summed E-state index contributed by atoms with van der Waals surface area (Å²) in [6, 6.07) is 10.9. The van der Waals surface area contributed by atoms with Crippen LogP contribution in [-0.4, -0.2) is 27.8 Å². The van der Waals surface area contributed by atoms with Gasteiger partial charge in [-0.1, -0.05) is 37.1 Å². The van der Waals surface area contributed by atoms with Gasteiger partial charge in [-0.25, -0.2) is 0 Å². The molecule has 0 spiro atoms. The standard InChI is InChI=1S/C20H26N4O.ClH/c25-20(19-12-17-4-1-2-5-18(17)23-19)21-13-15-6-8-16(9-7-15)14-24-11-3-10-22-24;/h3,6-11,17-19,23H,1-2,4-5,12-14H2,(H,21,25);1H. The van der Waals surface area contributed by atoms with Gasteiger partial charge in [-0.2, -0.15) is 5.10 Å². The lowest BCUT2D eigenvalue weighted by molar-refractivity contribution is -0.123. The van der Waals surface area contributed by atoms with Crippen LogP contribution in [0.5, 0.6) is 0 Å². The van der Waals surface area contributed by atoms with E-state index in [4.69, 9.17) is 0 Å². The summed E-state index contributed by atoms with van der Waals surface area (Å²) < 4.78 is 1.90. The van der Waals surface area contributed by atoms with Gasteiger partial charge in [0, 0.05) is 25.0 Å². The quantitative estimate of drug-likeness (QED) is 0.846. The Balaban J connectivity index is 0.00000196. The number of aromatic nitrogens is 2. The van der Waals surface area contributed by atoms with Crippen LogP contribution < -0.4 is 10.6 Å². The SMILES string of the molecule is Cl.O=C(NCc1ccc(Cn2cccn2)cc1)C1CC2CCCCC2N1. The van der Waals surface area contributed by atoms with E-state index in [1.807, 2.05) is 16.9 Å². The lowest BCUT2D eigenvalue weighted by Crippen LogP contribution is -2.42. The zero-order valence-electron chi connectivity index (χ0n) is 14.9. The normalized spacial score (nSPS) is 24.5. The summed E-state index contributed by atoms with van der Waals surface area (Å²) in [5.41, 5.74) is 2.34. The van der Waals surface area contributed by atoms with E-state index >= 15 is 0 Å². The van der Waals surface area contributed by atoms with Gasteiger partial charge in [0.25, 0.3) is 0 Å². The third kappa shape index (κ3) is 4.46. The molecule has 2 aromatic rings. The topological polar surface area (TPSA) is 59.0 Å². The van der Waals surface area contributed by atoms with Crippen molar-refractivity contribution in [2.24, 2.45) is 5.92 Å². The van der Waals surface area contributed by atoms with Crippen molar-refractivity contribution < 1.29 is 4.79 Å². The van der Waals surface area contributed by atoms with E-state index in [9.17, 15) is 4.79 Å². The number of fused-ring (bicyclic) bond motifs is 1. The van der Waals surface area contributed by atoms with Gasteiger partial charge >= 0.3 is 0 Å². The lowest BCUT2D eigenvalue weighted by Gasteiger charge is -2.24. The van der Waals surface area contributed by atoms with E-state index in [0.717, 1.165) is 18.5 Å². The van der Waals surface area contributed by atoms with E-state index < -0.39 is 0 Å². The second kappa shape index (κ2) is 8.69. The summed E-state index contributed by atoms with van der Waals surface area (Å²) in [4.78, 5) is 12.5. The van der Waals surface area contributed by atoms with Gasteiger partial charge in [0.1, 0.15) is 0 Å². The first kappa shape index (κ1) is 18.9. The van der Waals surface area contributed by atoms with Crippen LogP contribution in [0.3, 0.4) is 0 Å². The summed E-state index contributed by atoms with van der Waals surface area (Å²) in [5.74, 6) is 0.848. The van der Waals surface area contributed by atoms with E-state index in [1.54, 1.807) is 6.20 Å². The number of hydrogen-bond donors (Lipinski definition) is 2. The molecule has 2 N–H and O–H groups in total. The molecule has 6 heteroatoms. The number of halogens is 1. The molecule has 0 radical (unpaired) electrons. The summed E-state index contributed by atoms with van der Waals surface area (Å²) >= 11 is 0. The number of nitrogens with zero attached hydrogens (tertiary/aromatic N) is 2. The third-order valence-electron chi connectivity index (χ3n) is 5.57. The van der Waals surface area contributed by atoms with Crippen LogP contribution in [-0.2, 0) is 17.9 Å². The second-order valence-electron chi connectivity index (χ2n) is 7.34. The molecule has 2 fully saturated rings. The van der Waals surface area contributed by atoms with Gasteiger partial charge in [-0.05, 0) is 42.4 Å². The van der Waals surface area contributed by atoms with Crippen molar-refractivity contribution in [1.29, 1.82) is 0 Å². The Labute approximate surface area is 161 Å². The molecule has 1 amide bonds. The molecule has 1 aromatic carbocycles. The number of nitrogens with one attached hydrogen (secondary N) is 2. The maximum absolute atomic E-state index is 12.5. The Morgan fingerprint density at radius 1 is 1.19 bits per heavy atom. The highest BCUT2D eigenvalue weighted by Gasteiger charge is 2.37. The van der Waals surface area contributed by atoms with E-state index in [2.05, 4.69) is 40.0 Å². The number of carbonyl (C=O) groups excluding carboxylic acids is 1. The summed E-state index contributed by atoms with van der Waals surface area (Å²) in [7, 11) is 0. The van der Waals surface area contributed by atoms with Gasteiger partial charge in [0.15, 0.2) is 0 Å². The fraction of sp³-hybridized carbons (Fsp3) is 0.500. The second-order valence-corrected chi connectivity index (χ2v) is 7.34. The Morgan fingerprint density at radius 3 is 2.69 bits per heavy atom. The number of carbonyl (C=O) groups is 1. The molecule has 0 bridgehead atoms. The zero-order chi connectivity index (χ0) is 17.1. The molecule has 1 saturated heterocycles. The van der Waals surface area contributed by atoms with Gasteiger partial charge < -0.3 is 10.6 Å². The molecular formula is C20H27ClN4O. The maximum Gasteiger partial charge on any atom is 0.237 e. The third-order valence-corrected chi connectivity index (χ3v) is 5.57. The van der Waals surface area contributed by atoms with Crippen LogP contribution in [0.4, 0.5) is 0 Å². The van der Waals surface area contributed by atoms with Crippen LogP contribution in [0.15, 0.2) is 42.7 Å². The minimum Gasteiger partial charge on any atom is -0.351 e. The summed E-state index contributed by atoms with van der Waals surface area (Å²) in [6.07, 6.45) is 9.87. The van der Waals surface area contributed by atoms with Crippen LogP contribution >= 0.6 is 12.4 Å². The number of hydrogen-bond acceptors (Lipinski definition) is 3. The fourth-order valence-electron chi connectivity index (χ4n) is 4.18.